The second-order valence-corrected chi connectivity index (χ2v) is 4.89. The topological polar surface area (TPSA) is 384 Å². The molecule has 20 heteroatoms. The molecule has 1 saturated heterocycles. The third-order valence-electron chi connectivity index (χ3n) is 3.42. The summed E-state index contributed by atoms with van der Waals surface area (Å²) in [4.78, 5) is 14.6. The van der Waals surface area contributed by atoms with Gasteiger partial charge in [0.15, 0.2) is 5.49 Å². The second-order valence-electron chi connectivity index (χ2n) is 4.89. The van der Waals surface area contributed by atoms with Crippen molar-refractivity contribution >= 4 is 12.5 Å². The molecular weight excluding hydrogens is 589 g/mol. The van der Waals surface area contributed by atoms with Gasteiger partial charge in [0, 0.05) is 14.1 Å². The van der Waals surface area contributed by atoms with Crippen molar-refractivity contribution in [2.24, 2.45) is 17.0 Å². The number of aryl methyl sites for hydroxylation is 1. The quantitative estimate of drug-likeness (QED) is 0.215. The molecule has 0 spiro atoms. The summed E-state index contributed by atoms with van der Waals surface area (Å²) in [5.74, 6) is 0. The molecule has 1 aromatic heterocycles. The molecule has 3 aliphatic rings. The predicted molar refractivity (Wildman–Crippen MR) is 121 cm³/mol. The number of nitrogens with one attached hydrogen (secondary N) is 1. The molecule has 1 aromatic rings. The summed E-state index contributed by atoms with van der Waals surface area (Å²) in [6.07, 6.45) is 5.77. The van der Waals surface area contributed by atoms with Gasteiger partial charge in [-0.15, -0.1) is 12.7 Å². The van der Waals surface area contributed by atoms with Crippen LogP contribution < -0.4 is 16.2 Å². The number of fused-ring (bicyclic) bond motifs is 2. The molecule has 2 unspecified atom stereocenters. The Morgan fingerprint density at radius 3 is 2.03 bits per heavy atom. The standard InChI is InChI=1S/C6H11N4.C6H7N4.3Cu.H2N.8H2O/c2*1-10-4-9-5-2-7-3-8-6(5)10;;;;;;;;;;;;/h4-6,8H,2-3H2,1H3;2,4H,3H2,1H3;;;;9*1H2/q2*-1;3*+2;-1;;;;;;;;/p+8. The van der Waals surface area contributed by atoms with Gasteiger partial charge in [0.05, 0.1) is 30.2 Å². The smallest absolute Gasteiger partial charge is 0.693 e. The minimum Gasteiger partial charge on any atom is -0.693 e. The number of nitrogens with two attached hydrogens (primary N) is 1. The van der Waals surface area contributed by atoms with E-state index in [0.717, 1.165) is 24.1 Å². The third kappa shape index (κ3) is 15.2. The minimum absolute atomic E-state index is 0. The van der Waals surface area contributed by atoms with Crippen LogP contribution in [0.25, 0.3) is 23.0 Å². The van der Waals surface area contributed by atoms with Crippen LogP contribution in [0.15, 0.2) is 16.3 Å². The summed E-state index contributed by atoms with van der Waals surface area (Å²) >= 11 is 0. The van der Waals surface area contributed by atoms with Gasteiger partial charge in [-0.2, -0.15) is 0 Å². The Labute approximate surface area is 217 Å². The molecule has 0 aromatic carbocycles. The first kappa shape index (κ1) is 63.3. The van der Waals surface area contributed by atoms with Crippen LogP contribution in [0.5, 0.6) is 0 Å². The number of aromatic nitrogens is 2. The minimum atomic E-state index is 0. The molecule has 0 bridgehead atoms. The number of hydrogen-bond acceptors (Lipinski definition) is 5. The Balaban J connectivity index is -0.0000000275. The average Bonchev–Trinajstić information content (AvgIpc) is 3.05. The molecule has 0 saturated carbocycles. The average molecular weight is 633 g/mol. The van der Waals surface area contributed by atoms with Gasteiger partial charge in [-0.05, 0) is 6.67 Å². The van der Waals surface area contributed by atoms with Gasteiger partial charge in [-0.1, -0.05) is 6.67 Å². The van der Waals surface area contributed by atoms with Crippen LogP contribution in [-0.4, -0.2) is 59.9 Å². The molecule has 3 radical (unpaired) electrons. The fourth-order valence-electron chi connectivity index (χ4n) is 2.36. The number of hydrogen-bond donors (Lipinski definition) is 1. The summed E-state index contributed by atoms with van der Waals surface area (Å²) in [6.45, 7) is 2.18. The number of likely N-dealkylation sites (N-methyl/N-ethyl adjacent to an activating group) is 1. The van der Waals surface area contributed by atoms with Crippen molar-refractivity contribution in [2.75, 3.05) is 26.9 Å². The maximum absolute atomic E-state index is 4.28. The fraction of sp³-hybridized carbons (Fsp3) is 0.583. The van der Waals surface area contributed by atoms with Crippen LogP contribution in [0.2, 0.25) is 0 Å². The number of aliphatic imine (C=N–C) groups is 1. The summed E-state index contributed by atoms with van der Waals surface area (Å²) < 4.78 is 1.89. The van der Waals surface area contributed by atoms with Crippen LogP contribution in [0.3, 0.4) is 0 Å². The van der Waals surface area contributed by atoms with Crippen LogP contribution in [0, 0.1) is 0 Å². The summed E-state index contributed by atoms with van der Waals surface area (Å²) in [7, 11) is 3.96. The number of nitrogens with zero attached hydrogens (tertiary/aromatic N) is 7. The molecular formula is C12H44Cu3N9O8+11. The zero-order chi connectivity index (χ0) is 13.9. The van der Waals surface area contributed by atoms with Crippen molar-refractivity contribution in [1.82, 2.24) is 19.8 Å². The third-order valence-corrected chi connectivity index (χ3v) is 3.42. The van der Waals surface area contributed by atoms with E-state index >= 15 is 0 Å². The first-order valence-corrected chi connectivity index (χ1v) is 6.56. The van der Waals surface area contributed by atoms with E-state index in [2.05, 4.69) is 35.8 Å². The fourth-order valence-corrected chi connectivity index (χ4v) is 2.36. The van der Waals surface area contributed by atoms with Gasteiger partial charge >= 0.3 is 51.2 Å². The predicted octanol–water partition coefficient (Wildman–Crippen LogP) is -7.95. The molecule has 27 N–H and O–H groups in total. The largest absolute Gasteiger partial charge is 2.00 e. The zero-order valence-electron chi connectivity index (χ0n) is 17.7. The molecule has 1 fully saturated rings. The van der Waals surface area contributed by atoms with Crippen molar-refractivity contribution in [1.29, 1.82) is 0 Å². The summed E-state index contributed by atoms with van der Waals surface area (Å²) in [5.41, 5.74) is 0.926. The van der Waals surface area contributed by atoms with E-state index < -0.39 is 0 Å². The molecule has 17 nitrogen and oxygen atoms in total. The molecule has 0 aliphatic carbocycles. The SMILES string of the molecule is CN1C=NC2C[N-]CNC21.Cn1cnc2c1=NC[N-]C=2.[Cu+2].[Cu+2].[Cu+2].[NH2-].[OH3+].[OH3+].[OH3+].[OH3+].[OH3+].[OH3+].[OH3+].[OH3+]. The summed E-state index contributed by atoms with van der Waals surface area (Å²) in [5, 5.41) is 12.3. The molecule has 32 heavy (non-hydrogen) atoms. The maximum Gasteiger partial charge on any atom is 2.00 e. The van der Waals surface area contributed by atoms with E-state index in [-0.39, 0.29) is 101 Å². The molecule has 3 aliphatic heterocycles. The van der Waals surface area contributed by atoms with Crippen LogP contribution in [0.4, 0.5) is 0 Å². The van der Waals surface area contributed by atoms with E-state index in [1.54, 1.807) is 12.5 Å². The first-order chi connectivity index (χ1) is 9.75. The van der Waals surface area contributed by atoms with Gasteiger partial charge in [0.1, 0.15) is 0 Å². The van der Waals surface area contributed by atoms with E-state index in [0.29, 0.717) is 18.9 Å². The van der Waals surface area contributed by atoms with E-state index in [1.807, 2.05) is 25.0 Å². The molecule has 4 rings (SSSR count). The van der Waals surface area contributed by atoms with Gasteiger partial charge < -0.3 is 75.4 Å². The van der Waals surface area contributed by atoms with E-state index in [1.165, 1.54) is 0 Å². The van der Waals surface area contributed by atoms with Crippen molar-refractivity contribution in [2.45, 2.75) is 12.2 Å². The maximum atomic E-state index is 4.28. The molecule has 2 atom stereocenters. The Morgan fingerprint density at radius 1 is 0.969 bits per heavy atom. The van der Waals surface area contributed by atoms with Gasteiger partial charge in [0.25, 0.3) is 0 Å². The van der Waals surface area contributed by atoms with Crippen LogP contribution >= 0.6 is 0 Å². The Bertz CT molecular complexity index is 644. The van der Waals surface area contributed by atoms with E-state index in [9.17, 15) is 0 Å². The number of imidazole rings is 1. The summed E-state index contributed by atoms with van der Waals surface area (Å²) in [6, 6.07) is 0.360. The molecule has 0 amide bonds. The van der Waals surface area contributed by atoms with Gasteiger partial charge in [0.2, 0.25) is 0 Å². The van der Waals surface area contributed by atoms with Gasteiger partial charge in [-0.25, -0.2) is 4.98 Å². The normalized spacial score (nSPS) is 16.5. The second kappa shape index (κ2) is 30.3. The van der Waals surface area contributed by atoms with Crippen LogP contribution in [-0.2, 0) is 102 Å². The molecule has 4 heterocycles. The Hall–Kier alpha value is -0.732. The van der Waals surface area contributed by atoms with Crippen molar-refractivity contribution in [3.8, 4) is 0 Å². The number of rotatable bonds is 0. The van der Waals surface area contributed by atoms with Crippen molar-refractivity contribution in [3.63, 3.8) is 0 Å². The first-order valence-electron chi connectivity index (χ1n) is 6.56. The zero-order valence-corrected chi connectivity index (χ0v) is 20.6. The van der Waals surface area contributed by atoms with Crippen LogP contribution in [0.1, 0.15) is 0 Å². The van der Waals surface area contributed by atoms with E-state index in [4.69, 9.17) is 0 Å². The monoisotopic (exact) mass is 631 g/mol. The Morgan fingerprint density at radius 2 is 1.53 bits per heavy atom. The van der Waals surface area contributed by atoms with Crippen molar-refractivity contribution < 1.29 is 95.0 Å². The Kier molecular flexibility index (Phi) is 59.9. The van der Waals surface area contributed by atoms with Crippen molar-refractivity contribution in [3.05, 3.63) is 33.9 Å². The van der Waals surface area contributed by atoms with Gasteiger partial charge in [-0.3, -0.25) is 9.98 Å². The molecule has 207 valence electrons.